The Labute approximate surface area is 158 Å². The number of benzene rings is 1. The first-order chi connectivity index (χ1) is 13.2. The van der Waals surface area contributed by atoms with Gasteiger partial charge in [-0.25, -0.2) is 0 Å². The fourth-order valence-electron chi connectivity index (χ4n) is 3.52. The summed E-state index contributed by atoms with van der Waals surface area (Å²) in [5.41, 5.74) is 0.971. The fraction of sp³-hybridized carbons (Fsp3) is 0.450. The predicted molar refractivity (Wildman–Crippen MR) is 99.4 cm³/mol. The highest BCUT2D eigenvalue weighted by molar-refractivity contribution is 5.91. The highest BCUT2D eigenvalue weighted by Gasteiger charge is 2.26. The van der Waals surface area contributed by atoms with Gasteiger partial charge >= 0.3 is 0 Å². The molecular formula is C20H24N2O5. The number of anilines is 1. The van der Waals surface area contributed by atoms with Gasteiger partial charge in [0.1, 0.15) is 25.6 Å². The zero-order valence-electron chi connectivity index (χ0n) is 15.4. The summed E-state index contributed by atoms with van der Waals surface area (Å²) >= 11 is 0. The van der Waals surface area contributed by atoms with Crippen LogP contribution in [-0.4, -0.2) is 50.3 Å². The van der Waals surface area contributed by atoms with Gasteiger partial charge < -0.3 is 28.8 Å². The average molecular weight is 372 g/mol. The molecule has 7 nitrogen and oxygen atoms in total. The largest absolute Gasteiger partial charge is 0.486 e. The molecule has 4 rings (SSSR count). The molecule has 27 heavy (non-hydrogen) atoms. The van der Waals surface area contributed by atoms with Crippen LogP contribution in [0.15, 0.2) is 34.7 Å². The van der Waals surface area contributed by atoms with Crippen molar-refractivity contribution in [1.29, 1.82) is 0 Å². The summed E-state index contributed by atoms with van der Waals surface area (Å²) in [6.45, 7) is 2.88. The van der Waals surface area contributed by atoms with E-state index < -0.39 is 0 Å². The van der Waals surface area contributed by atoms with Crippen molar-refractivity contribution in [3.8, 4) is 11.5 Å². The summed E-state index contributed by atoms with van der Waals surface area (Å²) in [6.07, 6.45) is 1.95. The zero-order valence-corrected chi connectivity index (χ0v) is 15.4. The first kappa shape index (κ1) is 17.7. The number of furan rings is 1. The van der Waals surface area contributed by atoms with Gasteiger partial charge in [0.2, 0.25) is 0 Å². The highest BCUT2D eigenvalue weighted by atomic mass is 16.6. The lowest BCUT2D eigenvalue weighted by molar-refractivity contribution is 0.0675. The van der Waals surface area contributed by atoms with Gasteiger partial charge in [0.05, 0.1) is 0 Å². The van der Waals surface area contributed by atoms with E-state index in [0.29, 0.717) is 37.9 Å². The minimum atomic E-state index is -0.0778. The molecule has 0 unspecified atom stereocenters. The summed E-state index contributed by atoms with van der Waals surface area (Å²) in [5, 5.41) is 3.51. The third kappa shape index (κ3) is 4.03. The summed E-state index contributed by atoms with van der Waals surface area (Å²) in [7, 11) is 1.60. The van der Waals surface area contributed by atoms with Gasteiger partial charge in [-0.3, -0.25) is 4.79 Å². The second kappa shape index (κ2) is 7.92. The van der Waals surface area contributed by atoms with Crippen molar-refractivity contribution in [2.45, 2.75) is 25.5 Å². The number of nitrogens with one attached hydrogen (secondary N) is 1. The molecule has 2 aliphatic rings. The number of hydrogen-bond donors (Lipinski definition) is 1. The van der Waals surface area contributed by atoms with Crippen molar-refractivity contribution in [2.24, 2.45) is 0 Å². The second-order valence-electron chi connectivity index (χ2n) is 6.79. The van der Waals surface area contributed by atoms with E-state index >= 15 is 0 Å². The Morgan fingerprint density at radius 2 is 2.07 bits per heavy atom. The van der Waals surface area contributed by atoms with E-state index in [1.54, 1.807) is 19.2 Å². The van der Waals surface area contributed by atoms with Crippen molar-refractivity contribution >= 4 is 11.6 Å². The van der Waals surface area contributed by atoms with Crippen LogP contribution in [0.5, 0.6) is 11.5 Å². The van der Waals surface area contributed by atoms with Crippen LogP contribution in [0.25, 0.3) is 0 Å². The number of piperidine rings is 1. The maximum atomic E-state index is 12.7. The van der Waals surface area contributed by atoms with E-state index in [-0.39, 0.29) is 11.9 Å². The minimum absolute atomic E-state index is 0.0778. The summed E-state index contributed by atoms with van der Waals surface area (Å²) in [4.78, 5) is 14.6. The number of carbonyl (C=O) groups is 1. The number of ether oxygens (including phenoxy) is 3. The van der Waals surface area contributed by atoms with Crippen LogP contribution in [-0.2, 0) is 11.3 Å². The second-order valence-corrected chi connectivity index (χ2v) is 6.79. The molecule has 2 aromatic rings. The average Bonchev–Trinajstić information content (AvgIpc) is 3.16. The van der Waals surface area contributed by atoms with Crippen LogP contribution in [0.1, 0.15) is 29.2 Å². The number of rotatable bonds is 5. The van der Waals surface area contributed by atoms with Crippen LogP contribution < -0.4 is 14.8 Å². The van der Waals surface area contributed by atoms with E-state index in [1.165, 1.54) is 0 Å². The van der Waals surface area contributed by atoms with Crippen molar-refractivity contribution in [1.82, 2.24) is 4.90 Å². The number of methoxy groups -OCH3 is 1. The maximum Gasteiger partial charge on any atom is 0.289 e. The molecule has 0 spiro atoms. The Morgan fingerprint density at radius 3 is 2.93 bits per heavy atom. The van der Waals surface area contributed by atoms with E-state index in [9.17, 15) is 4.79 Å². The zero-order chi connectivity index (χ0) is 18.6. The molecule has 144 valence electrons. The lowest BCUT2D eigenvalue weighted by Gasteiger charge is -2.33. The number of amides is 1. The Kier molecular flexibility index (Phi) is 5.20. The molecule has 0 saturated carbocycles. The van der Waals surface area contributed by atoms with E-state index in [4.69, 9.17) is 18.6 Å². The quantitative estimate of drug-likeness (QED) is 0.870. The van der Waals surface area contributed by atoms with E-state index in [1.807, 2.05) is 23.1 Å². The number of carbonyl (C=O) groups excluding carboxylic acids is 1. The van der Waals surface area contributed by atoms with Gasteiger partial charge in [-0.2, -0.15) is 0 Å². The van der Waals surface area contributed by atoms with Gasteiger partial charge in [0, 0.05) is 38.0 Å². The molecule has 0 aliphatic carbocycles. The summed E-state index contributed by atoms with van der Waals surface area (Å²) in [6, 6.07) is 9.54. The molecular weight excluding hydrogens is 348 g/mol. The standard InChI is InChI=1S/C20H24N2O5/c1-24-13-16-5-7-18(27-16)20(23)22-8-2-3-15(12-22)21-14-4-6-17-19(11-14)26-10-9-25-17/h4-7,11,15,21H,2-3,8-10,12-13H2,1H3/t15-/m0/s1. The number of likely N-dealkylation sites (tertiary alicyclic amines) is 1. The first-order valence-electron chi connectivity index (χ1n) is 9.26. The Balaban J connectivity index is 1.39. The molecule has 0 bridgehead atoms. The number of fused-ring (bicyclic) bond motifs is 1. The van der Waals surface area contributed by atoms with Gasteiger partial charge in [-0.15, -0.1) is 0 Å². The fourth-order valence-corrected chi connectivity index (χ4v) is 3.52. The van der Waals surface area contributed by atoms with Crippen molar-refractivity contribution in [3.63, 3.8) is 0 Å². The molecule has 1 fully saturated rings. The lowest BCUT2D eigenvalue weighted by Crippen LogP contribution is -2.45. The van der Waals surface area contributed by atoms with Crippen LogP contribution in [0, 0.1) is 0 Å². The molecule has 2 aliphatic heterocycles. The highest BCUT2D eigenvalue weighted by Crippen LogP contribution is 2.33. The first-order valence-corrected chi connectivity index (χ1v) is 9.26. The van der Waals surface area contributed by atoms with Crippen LogP contribution in [0.2, 0.25) is 0 Å². The smallest absolute Gasteiger partial charge is 0.289 e. The Bertz CT molecular complexity index is 803. The van der Waals surface area contributed by atoms with E-state index in [2.05, 4.69) is 5.32 Å². The maximum absolute atomic E-state index is 12.7. The third-order valence-electron chi connectivity index (χ3n) is 4.78. The van der Waals surface area contributed by atoms with E-state index in [0.717, 1.165) is 36.6 Å². The van der Waals surface area contributed by atoms with Gasteiger partial charge in [0.25, 0.3) is 5.91 Å². The number of nitrogens with zero attached hydrogens (tertiary/aromatic N) is 1. The normalized spacial score (nSPS) is 19.0. The van der Waals surface area contributed by atoms with Crippen molar-refractivity contribution in [2.75, 3.05) is 38.7 Å². The topological polar surface area (TPSA) is 73.2 Å². The third-order valence-corrected chi connectivity index (χ3v) is 4.78. The van der Waals surface area contributed by atoms with Crippen molar-refractivity contribution in [3.05, 3.63) is 41.9 Å². The Hall–Kier alpha value is -2.67. The SMILES string of the molecule is COCc1ccc(C(=O)N2CCC[C@H](Nc3ccc4c(c3)OCCO4)C2)o1. The molecule has 3 heterocycles. The molecule has 1 amide bonds. The minimum Gasteiger partial charge on any atom is -0.486 e. The van der Waals surface area contributed by atoms with Crippen LogP contribution in [0.4, 0.5) is 5.69 Å². The molecule has 1 atom stereocenters. The molecule has 1 aromatic heterocycles. The monoisotopic (exact) mass is 372 g/mol. The Morgan fingerprint density at radius 1 is 1.22 bits per heavy atom. The van der Waals surface area contributed by atoms with Gasteiger partial charge in [-0.05, 0) is 37.1 Å². The van der Waals surface area contributed by atoms with Crippen molar-refractivity contribution < 1.29 is 23.4 Å². The predicted octanol–water partition coefficient (Wildman–Crippen LogP) is 2.91. The number of hydrogen-bond acceptors (Lipinski definition) is 6. The summed E-state index contributed by atoms with van der Waals surface area (Å²) in [5.74, 6) is 2.48. The molecule has 7 heteroatoms. The molecule has 1 aromatic carbocycles. The lowest BCUT2D eigenvalue weighted by atomic mass is 10.0. The van der Waals surface area contributed by atoms with Gasteiger partial charge in [0.15, 0.2) is 17.3 Å². The van der Waals surface area contributed by atoms with Crippen LogP contribution in [0.3, 0.4) is 0 Å². The molecule has 1 saturated heterocycles. The molecule has 0 radical (unpaired) electrons. The molecule has 1 N–H and O–H groups in total. The van der Waals surface area contributed by atoms with Crippen LogP contribution >= 0.6 is 0 Å². The summed E-state index contributed by atoms with van der Waals surface area (Å²) < 4.78 is 21.8. The van der Waals surface area contributed by atoms with Gasteiger partial charge in [-0.1, -0.05) is 0 Å².